The van der Waals surface area contributed by atoms with Crippen molar-refractivity contribution >= 4 is 37.4 Å². The Bertz CT molecular complexity index is 1330. The first kappa shape index (κ1) is 56.2. The molecule has 9 atom stereocenters. The van der Waals surface area contributed by atoms with E-state index in [4.69, 9.17) is 35.7 Å². The van der Waals surface area contributed by atoms with Gasteiger partial charge in [-0.1, -0.05) is 90.4 Å². The second kappa shape index (κ2) is 32.0. The molecule has 61 heavy (non-hydrogen) atoms. The van der Waals surface area contributed by atoms with Crippen LogP contribution >= 0.6 is 7.82 Å². The Hall–Kier alpha value is -2.78. The summed E-state index contributed by atoms with van der Waals surface area (Å²) in [6.45, 7) is 3.33. The highest BCUT2D eigenvalue weighted by atomic mass is 31.2. The van der Waals surface area contributed by atoms with Crippen molar-refractivity contribution in [1.29, 1.82) is 0 Å². The van der Waals surface area contributed by atoms with E-state index in [0.29, 0.717) is 19.3 Å². The van der Waals surface area contributed by atoms with Gasteiger partial charge in [-0.2, -0.15) is 0 Å². The zero-order valence-electron chi connectivity index (χ0n) is 36.6. The summed E-state index contributed by atoms with van der Waals surface area (Å²) in [6.07, 6.45) is 8.99. The first-order valence-corrected chi connectivity index (χ1v) is 23.6. The van der Waals surface area contributed by atoms with Gasteiger partial charge in [0.1, 0.15) is 30.4 Å². The lowest BCUT2D eigenvalue weighted by Crippen LogP contribution is -2.70. The predicted molar refractivity (Wildman–Crippen MR) is 226 cm³/mol. The summed E-state index contributed by atoms with van der Waals surface area (Å²) in [5.74, 6) is -4.54. The number of phosphoric ester groups is 1. The Morgan fingerprint density at radius 3 is 1.92 bits per heavy atom. The first-order chi connectivity index (χ1) is 29.0. The van der Waals surface area contributed by atoms with Crippen LogP contribution in [-0.2, 0) is 47.1 Å². The van der Waals surface area contributed by atoms with Gasteiger partial charge in [0.2, 0.25) is 23.6 Å². The largest absolute Gasteiger partial charge is 0.479 e. The maximum absolute atomic E-state index is 14.1. The van der Waals surface area contributed by atoms with E-state index in [1.54, 1.807) is 0 Å². The summed E-state index contributed by atoms with van der Waals surface area (Å²) in [5.41, 5.74) is 17.4. The number of aliphatic hydroxyl groups is 2. The minimum absolute atomic E-state index is 0.0241. The molecule has 20 nitrogen and oxygen atoms in total. The van der Waals surface area contributed by atoms with E-state index >= 15 is 0 Å². The maximum atomic E-state index is 14.1. The summed E-state index contributed by atoms with van der Waals surface area (Å²) < 4.78 is 33.9. The number of carboxylic acids is 1. The van der Waals surface area contributed by atoms with Crippen molar-refractivity contribution in [3.8, 4) is 0 Å². The van der Waals surface area contributed by atoms with E-state index in [-0.39, 0.29) is 39.0 Å². The van der Waals surface area contributed by atoms with Crippen LogP contribution < -0.4 is 27.8 Å². The SMILES string of the molecule is CCCCCCCCCCCCCCCCOP(=O)(O)OCCNC(=O)[C@@H](CCC(N)=O)NC(=O)[C@H](CCCCN)N(C(C)=O)C1O[C@H](CO)[C@@H](O)[C@H](O[C@H](C)C(=O)O)[C@H]1N. The van der Waals surface area contributed by atoms with Gasteiger partial charge < -0.3 is 62.4 Å². The Balaban J connectivity index is 2.83. The quantitative estimate of drug-likeness (QED) is 0.0321. The molecule has 0 bridgehead atoms. The lowest BCUT2D eigenvalue weighted by atomic mass is 9.94. The molecule has 1 aliphatic rings. The van der Waals surface area contributed by atoms with Crippen molar-refractivity contribution in [2.45, 2.75) is 192 Å². The molecule has 0 aromatic rings. The Kier molecular flexibility index (Phi) is 29.5. The summed E-state index contributed by atoms with van der Waals surface area (Å²) in [7, 11) is -4.43. The normalized spacial score (nSPS) is 21.5. The summed E-state index contributed by atoms with van der Waals surface area (Å²) in [6, 6.07) is -4.20. The summed E-state index contributed by atoms with van der Waals surface area (Å²) in [4.78, 5) is 75.1. The molecule has 356 valence electrons. The van der Waals surface area contributed by atoms with Gasteiger partial charge >= 0.3 is 13.8 Å². The second-order valence-corrected chi connectivity index (χ2v) is 17.2. The zero-order chi connectivity index (χ0) is 45.8. The van der Waals surface area contributed by atoms with Crippen LogP contribution in [0.15, 0.2) is 0 Å². The smallest absolute Gasteiger partial charge is 0.472 e. The third-order valence-corrected chi connectivity index (χ3v) is 11.6. The van der Waals surface area contributed by atoms with Crippen LogP contribution in [0.4, 0.5) is 0 Å². The number of ether oxygens (including phenoxy) is 2. The van der Waals surface area contributed by atoms with Crippen LogP contribution in [0.25, 0.3) is 0 Å². The van der Waals surface area contributed by atoms with E-state index in [0.717, 1.165) is 37.5 Å². The average Bonchev–Trinajstić information content (AvgIpc) is 3.20. The Labute approximate surface area is 361 Å². The van der Waals surface area contributed by atoms with Gasteiger partial charge in [0.15, 0.2) is 12.3 Å². The van der Waals surface area contributed by atoms with Crippen LogP contribution in [0.1, 0.15) is 143 Å². The number of nitrogens with two attached hydrogens (primary N) is 3. The lowest BCUT2D eigenvalue weighted by Gasteiger charge is -2.48. The number of carbonyl (C=O) groups is 5. The van der Waals surface area contributed by atoms with Crippen LogP contribution in [0.3, 0.4) is 0 Å². The molecule has 0 spiro atoms. The number of carboxylic acid groups (broad SMARTS) is 1. The zero-order valence-corrected chi connectivity index (χ0v) is 37.5. The Morgan fingerprint density at radius 1 is 0.852 bits per heavy atom. The minimum Gasteiger partial charge on any atom is -0.479 e. The maximum Gasteiger partial charge on any atom is 0.472 e. The highest BCUT2D eigenvalue weighted by Gasteiger charge is 2.50. The fraction of sp³-hybridized carbons (Fsp3) is 0.875. The van der Waals surface area contributed by atoms with E-state index in [2.05, 4.69) is 17.6 Å². The molecule has 2 unspecified atom stereocenters. The van der Waals surface area contributed by atoms with E-state index in [1.807, 2.05) is 0 Å². The number of amides is 4. The van der Waals surface area contributed by atoms with E-state index in [9.17, 15) is 48.8 Å². The fourth-order valence-electron chi connectivity index (χ4n) is 7.07. The minimum atomic E-state index is -4.43. The van der Waals surface area contributed by atoms with Gasteiger partial charge in [-0.3, -0.25) is 28.2 Å². The number of aliphatic hydroxyl groups excluding tert-OH is 2. The molecule has 4 amide bonds. The highest BCUT2D eigenvalue weighted by molar-refractivity contribution is 7.47. The number of primary amides is 1. The van der Waals surface area contributed by atoms with Gasteiger partial charge in [-0.05, 0) is 45.6 Å². The monoisotopic (exact) mass is 897 g/mol. The lowest BCUT2D eigenvalue weighted by molar-refractivity contribution is -0.246. The van der Waals surface area contributed by atoms with Crippen molar-refractivity contribution in [1.82, 2.24) is 15.5 Å². The van der Waals surface area contributed by atoms with Gasteiger partial charge in [0.25, 0.3) is 0 Å². The van der Waals surface area contributed by atoms with Crippen LogP contribution in [-0.4, -0.2) is 136 Å². The molecule has 1 heterocycles. The first-order valence-electron chi connectivity index (χ1n) is 22.1. The number of hydrogen-bond donors (Lipinski definition) is 9. The van der Waals surface area contributed by atoms with Gasteiger partial charge in [-0.25, -0.2) is 9.36 Å². The number of phosphoric acid groups is 1. The Morgan fingerprint density at radius 2 is 1.41 bits per heavy atom. The number of aliphatic carboxylic acids is 1. The molecule has 0 aromatic heterocycles. The molecule has 1 aliphatic heterocycles. The molecule has 0 aromatic carbocycles. The van der Waals surface area contributed by atoms with Crippen molar-refractivity contribution < 1.29 is 67.3 Å². The number of nitrogens with one attached hydrogen (secondary N) is 2. The van der Waals surface area contributed by atoms with E-state index in [1.165, 1.54) is 64.7 Å². The number of nitrogens with zero attached hydrogens (tertiary/aromatic N) is 1. The molecule has 12 N–H and O–H groups in total. The molecule has 1 saturated heterocycles. The van der Waals surface area contributed by atoms with Crippen molar-refractivity contribution in [3.05, 3.63) is 0 Å². The standard InChI is InChI=1S/C40H77N6O14P/c1-4-5-6-7-8-9-10-11-12-13-14-15-16-19-25-57-61(55,56)58-26-24-44-37(51)30(21-22-33(42)49)45-38(52)31(20-17-18-23-41)46(29(3)48)39-34(43)36(59-28(2)40(53)54)35(50)32(27-47)60-39/h28,30-32,34-36,39,47,50H,4-27,41,43H2,1-3H3,(H2,42,49)(H,44,51)(H,45,52)(H,53,54)(H,55,56)/t28-,30-,31+,32-,34-,35-,36-,39?/m1/s1. The second-order valence-electron chi connectivity index (χ2n) is 15.7. The molecular formula is C40H77N6O14P. The van der Waals surface area contributed by atoms with E-state index < -0.39 is 99.4 Å². The summed E-state index contributed by atoms with van der Waals surface area (Å²) in [5, 5.41) is 35.3. The predicted octanol–water partition coefficient (Wildman–Crippen LogP) is 2.08. The highest BCUT2D eigenvalue weighted by Crippen LogP contribution is 2.43. The van der Waals surface area contributed by atoms with Crippen LogP contribution in [0.5, 0.6) is 0 Å². The number of unbranched alkanes of at least 4 members (excludes halogenated alkanes) is 14. The molecule has 1 fully saturated rings. The molecule has 1 rings (SSSR count). The molecule has 0 radical (unpaired) electrons. The summed E-state index contributed by atoms with van der Waals surface area (Å²) >= 11 is 0. The molecular weight excluding hydrogens is 819 g/mol. The number of carbonyl (C=O) groups excluding carboxylic acids is 4. The van der Waals surface area contributed by atoms with Crippen LogP contribution in [0.2, 0.25) is 0 Å². The number of rotatable bonds is 36. The molecule has 0 aliphatic carbocycles. The van der Waals surface area contributed by atoms with Gasteiger partial charge in [-0.15, -0.1) is 0 Å². The third kappa shape index (κ3) is 22.9. The molecule has 0 saturated carbocycles. The van der Waals surface area contributed by atoms with Crippen molar-refractivity contribution in [2.24, 2.45) is 17.2 Å². The van der Waals surface area contributed by atoms with Gasteiger partial charge in [0.05, 0.1) is 25.9 Å². The average molecular weight is 897 g/mol. The van der Waals surface area contributed by atoms with Crippen molar-refractivity contribution in [2.75, 3.05) is 32.9 Å². The molecule has 21 heteroatoms. The van der Waals surface area contributed by atoms with Crippen molar-refractivity contribution in [3.63, 3.8) is 0 Å². The van der Waals surface area contributed by atoms with Gasteiger partial charge in [0, 0.05) is 19.9 Å². The third-order valence-electron chi connectivity index (χ3n) is 10.6. The number of hydrogen-bond acceptors (Lipinski definition) is 14. The topological polar surface area (TPSA) is 326 Å². The fourth-order valence-corrected chi connectivity index (χ4v) is 7.83. The van der Waals surface area contributed by atoms with Crippen LogP contribution in [0, 0.1) is 0 Å².